The quantitative estimate of drug-likeness (QED) is 0.276. The fourth-order valence-corrected chi connectivity index (χ4v) is 5.59. The van der Waals surface area contributed by atoms with Crippen LogP contribution >= 0.6 is 0 Å². The Bertz CT molecular complexity index is 1690. The zero-order chi connectivity index (χ0) is 33.1. The largest absolute Gasteiger partial charge is 0.454 e. The first-order valence-corrected chi connectivity index (χ1v) is 13.6. The van der Waals surface area contributed by atoms with E-state index in [9.17, 15) is 36.4 Å². The predicted octanol–water partition coefficient (Wildman–Crippen LogP) is 5.83. The van der Waals surface area contributed by atoms with Crippen LogP contribution in [-0.4, -0.2) is 69.5 Å². The standard InChI is InChI=1S/C28H26F7N7O3/c1-26(2,3)45-25(43)42-15-4-5-16(42)11-41(10-15)23-18-9-38-21(17-7-14(37)6-13(8-36)19(17)28(33,34)35)20(29)22(18)39-24(40-23)44-12-27(30,31)32/h6-7,9,15-16H,4-5,10-12,37H2,1-3H3. The van der Waals surface area contributed by atoms with Gasteiger partial charge in [0.05, 0.1) is 34.7 Å². The summed E-state index contributed by atoms with van der Waals surface area (Å²) in [6.45, 7) is 3.59. The normalized spacial score (nSPS) is 18.7. The lowest BCUT2D eigenvalue weighted by Crippen LogP contribution is -2.57. The maximum absolute atomic E-state index is 16.2. The van der Waals surface area contributed by atoms with Gasteiger partial charge in [0.25, 0.3) is 0 Å². The first-order chi connectivity index (χ1) is 20.9. The third-order valence-corrected chi connectivity index (χ3v) is 7.21. The number of anilines is 2. The van der Waals surface area contributed by atoms with Crippen molar-refractivity contribution in [3.63, 3.8) is 0 Å². The number of piperazine rings is 1. The Hall–Kier alpha value is -4.62. The van der Waals surface area contributed by atoms with E-state index >= 15 is 4.39 Å². The summed E-state index contributed by atoms with van der Waals surface area (Å²) >= 11 is 0. The van der Waals surface area contributed by atoms with Crippen molar-refractivity contribution in [2.24, 2.45) is 0 Å². The number of fused-ring (bicyclic) bond motifs is 3. The summed E-state index contributed by atoms with van der Waals surface area (Å²) in [6.07, 6.45) is -8.32. The molecule has 2 aromatic heterocycles. The fraction of sp³-hybridized carbons (Fsp3) is 0.464. The van der Waals surface area contributed by atoms with Crippen molar-refractivity contribution in [3.05, 3.63) is 35.3 Å². The molecule has 2 aliphatic heterocycles. The van der Waals surface area contributed by atoms with Crippen molar-refractivity contribution in [2.45, 2.75) is 63.7 Å². The molecule has 2 unspecified atom stereocenters. The number of nitriles is 1. The van der Waals surface area contributed by atoms with E-state index in [0.717, 1.165) is 18.3 Å². The van der Waals surface area contributed by atoms with E-state index in [1.54, 1.807) is 30.6 Å². The molecule has 4 heterocycles. The Morgan fingerprint density at radius 3 is 2.29 bits per heavy atom. The van der Waals surface area contributed by atoms with Crippen molar-refractivity contribution in [1.82, 2.24) is 19.9 Å². The van der Waals surface area contributed by atoms with Gasteiger partial charge in [0, 0.05) is 30.5 Å². The maximum atomic E-state index is 16.2. The molecule has 0 saturated carbocycles. The molecule has 3 aromatic rings. The number of amides is 1. The van der Waals surface area contributed by atoms with Crippen LogP contribution in [0.1, 0.15) is 44.7 Å². The zero-order valence-electron chi connectivity index (χ0n) is 24.1. The summed E-state index contributed by atoms with van der Waals surface area (Å²) < 4.78 is 108. The van der Waals surface area contributed by atoms with Crippen molar-refractivity contribution < 1.29 is 45.0 Å². The van der Waals surface area contributed by atoms with Crippen molar-refractivity contribution >= 4 is 28.5 Å². The third-order valence-electron chi connectivity index (χ3n) is 7.21. The molecule has 0 aliphatic carbocycles. The van der Waals surface area contributed by atoms with E-state index in [1.807, 2.05) is 0 Å². The lowest BCUT2D eigenvalue weighted by molar-refractivity contribution is -0.154. The topological polar surface area (TPSA) is 130 Å². The number of nitrogens with two attached hydrogens (primary N) is 1. The van der Waals surface area contributed by atoms with Gasteiger partial charge in [-0.2, -0.15) is 41.6 Å². The van der Waals surface area contributed by atoms with Gasteiger partial charge in [-0.05, 0) is 45.7 Å². The van der Waals surface area contributed by atoms with E-state index < -0.39 is 70.4 Å². The number of aromatic nitrogens is 3. The van der Waals surface area contributed by atoms with Crippen molar-refractivity contribution in [2.75, 3.05) is 30.3 Å². The molecule has 1 aromatic carbocycles. The minimum atomic E-state index is -5.12. The van der Waals surface area contributed by atoms with Gasteiger partial charge in [-0.15, -0.1) is 0 Å². The number of alkyl halides is 6. The molecular formula is C28H26F7N7O3. The third kappa shape index (κ3) is 6.45. The van der Waals surface area contributed by atoms with Crippen molar-refractivity contribution in [1.29, 1.82) is 5.26 Å². The maximum Gasteiger partial charge on any atom is 0.422 e. The Balaban J connectivity index is 1.63. The number of carbonyl (C=O) groups excluding carboxylic acids is 1. The molecule has 10 nitrogen and oxygen atoms in total. The molecule has 0 spiro atoms. The van der Waals surface area contributed by atoms with Gasteiger partial charge < -0.3 is 20.1 Å². The second-order valence-electron chi connectivity index (χ2n) is 11.7. The van der Waals surface area contributed by atoms with Crippen LogP contribution in [0.5, 0.6) is 6.01 Å². The number of nitrogen functional groups attached to an aromatic ring is 1. The number of halogens is 7. The highest BCUT2D eigenvalue weighted by molar-refractivity contribution is 5.93. The van der Waals surface area contributed by atoms with Gasteiger partial charge in [0.2, 0.25) is 0 Å². The molecule has 2 aliphatic rings. The zero-order valence-corrected chi connectivity index (χ0v) is 24.1. The summed E-state index contributed by atoms with van der Waals surface area (Å²) in [6, 6.07) is 1.31. The van der Waals surface area contributed by atoms with Crippen LogP contribution in [0.4, 0.5) is 47.0 Å². The van der Waals surface area contributed by atoms with Gasteiger partial charge >= 0.3 is 24.5 Å². The van der Waals surface area contributed by atoms with E-state index in [-0.39, 0.29) is 42.1 Å². The van der Waals surface area contributed by atoms with Crippen molar-refractivity contribution in [3.8, 4) is 23.3 Å². The summed E-state index contributed by atoms with van der Waals surface area (Å²) in [5.74, 6) is -1.51. The molecule has 0 radical (unpaired) electrons. The number of rotatable bonds is 4. The number of hydrogen-bond acceptors (Lipinski definition) is 9. The molecular weight excluding hydrogens is 615 g/mol. The Morgan fingerprint density at radius 1 is 1.09 bits per heavy atom. The number of carbonyl (C=O) groups is 1. The highest BCUT2D eigenvalue weighted by atomic mass is 19.4. The summed E-state index contributed by atoms with van der Waals surface area (Å²) in [7, 11) is 0. The van der Waals surface area contributed by atoms with Crippen LogP contribution in [0, 0.1) is 17.1 Å². The molecule has 2 fully saturated rings. The lowest BCUT2D eigenvalue weighted by Gasteiger charge is -2.42. The summed E-state index contributed by atoms with van der Waals surface area (Å²) in [5.41, 5.74) is -0.132. The molecule has 17 heteroatoms. The van der Waals surface area contributed by atoms with E-state index in [4.69, 9.17) is 15.2 Å². The van der Waals surface area contributed by atoms with Crippen LogP contribution in [0.3, 0.4) is 0 Å². The molecule has 1 amide bonds. The molecule has 2 N–H and O–H groups in total. The summed E-state index contributed by atoms with van der Waals surface area (Å²) in [4.78, 5) is 27.9. The van der Waals surface area contributed by atoms with Gasteiger partial charge in [0.15, 0.2) is 12.4 Å². The predicted molar refractivity (Wildman–Crippen MR) is 146 cm³/mol. The smallest absolute Gasteiger partial charge is 0.422 e. The Labute approximate surface area is 251 Å². The average Bonchev–Trinajstić information content (AvgIpc) is 3.19. The number of ether oxygens (including phenoxy) is 2. The van der Waals surface area contributed by atoms with E-state index in [2.05, 4.69) is 15.0 Å². The van der Waals surface area contributed by atoms with Crippen LogP contribution < -0.4 is 15.4 Å². The lowest BCUT2D eigenvalue weighted by atomic mass is 9.96. The number of benzene rings is 1. The molecule has 45 heavy (non-hydrogen) atoms. The van der Waals surface area contributed by atoms with E-state index in [0.29, 0.717) is 12.8 Å². The Morgan fingerprint density at radius 2 is 1.73 bits per heavy atom. The first kappa shape index (κ1) is 31.8. The number of pyridine rings is 1. The van der Waals surface area contributed by atoms with Gasteiger partial charge in [0.1, 0.15) is 22.6 Å². The molecule has 2 bridgehead atoms. The van der Waals surface area contributed by atoms with Crippen LogP contribution in [0.2, 0.25) is 0 Å². The molecule has 2 atom stereocenters. The van der Waals surface area contributed by atoms with Crippen LogP contribution in [0.25, 0.3) is 22.2 Å². The number of hydrogen-bond donors (Lipinski definition) is 1. The summed E-state index contributed by atoms with van der Waals surface area (Å²) in [5, 5.41) is 9.20. The second kappa shape index (κ2) is 11.1. The fourth-order valence-electron chi connectivity index (χ4n) is 5.59. The minimum absolute atomic E-state index is 0.0859. The van der Waals surface area contributed by atoms with Crippen LogP contribution in [-0.2, 0) is 10.9 Å². The molecule has 240 valence electrons. The van der Waals surface area contributed by atoms with Gasteiger partial charge in [-0.1, -0.05) is 0 Å². The SMILES string of the molecule is CC(C)(C)OC(=O)N1C2CCC1CN(c1nc(OCC(F)(F)F)nc3c(F)c(-c4cc(N)cc(C#N)c4C(F)(F)F)ncc13)C2. The number of nitrogens with zero attached hydrogens (tertiary/aromatic N) is 6. The second-order valence-corrected chi connectivity index (χ2v) is 11.7. The molecule has 2 saturated heterocycles. The highest BCUT2D eigenvalue weighted by Crippen LogP contribution is 2.43. The minimum Gasteiger partial charge on any atom is -0.454 e. The van der Waals surface area contributed by atoms with Gasteiger partial charge in [-0.3, -0.25) is 9.88 Å². The van der Waals surface area contributed by atoms with Gasteiger partial charge in [-0.25, -0.2) is 9.18 Å². The van der Waals surface area contributed by atoms with E-state index in [1.165, 1.54) is 6.07 Å². The first-order valence-electron chi connectivity index (χ1n) is 13.6. The highest BCUT2D eigenvalue weighted by Gasteiger charge is 2.45. The monoisotopic (exact) mass is 641 g/mol. The molecule has 5 rings (SSSR count). The Kier molecular flexibility index (Phi) is 7.82. The average molecular weight is 642 g/mol. The van der Waals surface area contributed by atoms with Crippen LogP contribution in [0.15, 0.2) is 18.3 Å².